The summed E-state index contributed by atoms with van der Waals surface area (Å²) in [4.78, 5) is 8.81. The number of anilines is 1. The number of ether oxygens (including phenoxy) is 3. The fraction of sp³-hybridized carbons (Fsp3) is 0.267. The number of hydrogen-bond donors (Lipinski definition) is 1. The van der Waals surface area contributed by atoms with Gasteiger partial charge in [-0.2, -0.15) is 10.5 Å². The summed E-state index contributed by atoms with van der Waals surface area (Å²) in [5.41, 5.74) is 8.33. The Bertz CT molecular complexity index is 1670. The fourth-order valence-electron chi connectivity index (χ4n) is 4.39. The van der Waals surface area contributed by atoms with E-state index in [9.17, 15) is 14.9 Å². The number of oxazole rings is 1. The van der Waals surface area contributed by atoms with Crippen LogP contribution < -0.4 is 10.5 Å². The molecule has 1 fully saturated rings. The highest BCUT2D eigenvalue weighted by atomic mass is 32.2. The van der Waals surface area contributed by atoms with Crippen LogP contribution in [0.1, 0.15) is 36.4 Å². The third-order valence-corrected chi connectivity index (χ3v) is 7.39. The average Bonchev–Trinajstić information content (AvgIpc) is 3.51. The molecule has 2 N–H and O–H groups in total. The first-order valence-electron chi connectivity index (χ1n) is 12.7. The van der Waals surface area contributed by atoms with E-state index in [4.69, 9.17) is 24.4 Å². The SMILES string of the molecule is Cc1oc(-c2ccccc2F)nc1CSc1nc(N)c(C#N)c(-c2ccc(OC[C@@H]3COC(C)(C)O3)cc2)c1C#N. The Hall–Kier alpha value is -4.42. The number of aryl methyl sites for hydroxylation is 1. The summed E-state index contributed by atoms with van der Waals surface area (Å²) in [5, 5.41) is 20.3. The maximum atomic E-state index is 14.2. The van der Waals surface area contributed by atoms with Crippen molar-refractivity contribution in [2.24, 2.45) is 0 Å². The molecule has 0 aliphatic carbocycles. The molecule has 9 nitrogen and oxygen atoms in total. The summed E-state index contributed by atoms with van der Waals surface area (Å²) in [6.45, 7) is 6.20. The van der Waals surface area contributed by atoms with E-state index < -0.39 is 11.6 Å². The van der Waals surface area contributed by atoms with Crippen LogP contribution in [0.2, 0.25) is 0 Å². The molecule has 0 spiro atoms. The van der Waals surface area contributed by atoms with Crippen LogP contribution in [-0.4, -0.2) is 35.1 Å². The number of rotatable bonds is 8. The minimum atomic E-state index is -0.634. The number of hydrogen-bond acceptors (Lipinski definition) is 10. The van der Waals surface area contributed by atoms with Crippen LogP contribution in [-0.2, 0) is 15.2 Å². The first-order valence-corrected chi connectivity index (χ1v) is 13.7. The predicted molar refractivity (Wildman–Crippen MR) is 150 cm³/mol. The Kier molecular flexibility index (Phi) is 7.95. The van der Waals surface area contributed by atoms with Gasteiger partial charge < -0.3 is 24.4 Å². The Morgan fingerprint density at radius 3 is 2.49 bits per heavy atom. The van der Waals surface area contributed by atoms with Crippen molar-refractivity contribution in [3.8, 4) is 40.5 Å². The van der Waals surface area contributed by atoms with E-state index in [0.29, 0.717) is 46.6 Å². The van der Waals surface area contributed by atoms with Crippen LogP contribution in [0.25, 0.3) is 22.6 Å². The van der Waals surface area contributed by atoms with E-state index in [-0.39, 0.29) is 40.3 Å². The number of nitriles is 2. The lowest BCUT2D eigenvalue weighted by molar-refractivity contribution is -0.141. The van der Waals surface area contributed by atoms with Gasteiger partial charge in [0, 0.05) is 11.3 Å². The molecule has 1 aliphatic rings. The quantitative estimate of drug-likeness (QED) is 0.250. The monoisotopic (exact) mass is 571 g/mol. The lowest BCUT2D eigenvalue weighted by Crippen LogP contribution is -2.25. The molecule has 2 aromatic carbocycles. The van der Waals surface area contributed by atoms with Gasteiger partial charge in [0.25, 0.3) is 0 Å². The van der Waals surface area contributed by atoms with Crippen LogP contribution in [0.4, 0.5) is 10.2 Å². The molecule has 0 saturated carbocycles. The summed E-state index contributed by atoms with van der Waals surface area (Å²) >= 11 is 1.23. The second-order valence-corrected chi connectivity index (χ2v) is 10.7. The summed E-state index contributed by atoms with van der Waals surface area (Å²) in [7, 11) is 0. The highest BCUT2D eigenvalue weighted by Gasteiger charge is 2.33. The molecule has 0 unspecified atom stereocenters. The number of aromatic nitrogens is 2. The van der Waals surface area contributed by atoms with Gasteiger partial charge in [-0.15, -0.1) is 0 Å². The van der Waals surface area contributed by atoms with Crippen molar-refractivity contribution in [2.45, 2.75) is 43.4 Å². The minimum absolute atomic E-state index is 0.00856. The summed E-state index contributed by atoms with van der Waals surface area (Å²) < 4.78 is 37.1. The van der Waals surface area contributed by atoms with Crippen LogP contribution in [0.15, 0.2) is 58.0 Å². The molecule has 2 aromatic heterocycles. The molecule has 1 aliphatic heterocycles. The number of nitrogens with two attached hydrogens (primary N) is 1. The summed E-state index contributed by atoms with van der Waals surface area (Å²) in [6.07, 6.45) is -0.184. The Balaban J connectivity index is 1.38. The van der Waals surface area contributed by atoms with Crippen LogP contribution in [0, 0.1) is 35.4 Å². The van der Waals surface area contributed by atoms with Gasteiger partial charge in [-0.1, -0.05) is 36.0 Å². The number of pyridine rings is 1. The van der Waals surface area contributed by atoms with Crippen molar-refractivity contribution in [3.05, 3.63) is 76.9 Å². The van der Waals surface area contributed by atoms with Gasteiger partial charge in [-0.25, -0.2) is 14.4 Å². The highest BCUT2D eigenvalue weighted by Crippen LogP contribution is 2.38. The first kappa shape index (κ1) is 28.1. The molecular weight excluding hydrogens is 545 g/mol. The van der Waals surface area contributed by atoms with Crippen molar-refractivity contribution < 1.29 is 23.0 Å². The van der Waals surface area contributed by atoms with Crippen LogP contribution in [0.5, 0.6) is 5.75 Å². The maximum absolute atomic E-state index is 14.2. The second kappa shape index (κ2) is 11.6. The van der Waals surface area contributed by atoms with E-state index in [1.165, 1.54) is 17.8 Å². The van der Waals surface area contributed by atoms with Crippen LogP contribution >= 0.6 is 11.8 Å². The predicted octanol–water partition coefficient (Wildman–Crippen LogP) is 6.00. The summed E-state index contributed by atoms with van der Waals surface area (Å²) in [5.74, 6) is 0.508. The van der Waals surface area contributed by atoms with Crippen molar-refractivity contribution in [1.29, 1.82) is 10.5 Å². The van der Waals surface area contributed by atoms with Crippen molar-refractivity contribution in [3.63, 3.8) is 0 Å². The van der Waals surface area contributed by atoms with Gasteiger partial charge in [0.2, 0.25) is 5.89 Å². The normalized spacial score (nSPS) is 15.8. The number of halogens is 1. The molecule has 0 amide bonds. The summed E-state index contributed by atoms with van der Waals surface area (Å²) in [6, 6.07) is 17.5. The van der Waals surface area contributed by atoms with E-state index in [1.807, 2.05) is 13.8 Å². The minimum Gasteiger partial charge on any atom is -0.491 e. The molecular formula is C30H26FN5O4S. The van der Waals surface area contributed by atoms with E-state index in [1.54, 1.807) is 49.4 Å². The number of nitrogen functional groups attached to an aromatic ring is 1. The number of nitrogens with zero attached hydrogens (tertiary/aromatic N) is 4. The molecule has 208 valence electrons. The lowest BCUT2D eigenvalue weighted by Gasteiger charge is -2.17. The fourth-order valence-corrected chi connectivity index (χ4v) is 5.39. The molecule has 3 heterocycles. The van der Waals surface area contributed by atoms with Gasteiger partial charge >= 0.3 is 0 Å². The molecule has 4 aromatic rings. The van der Waals surface area contributed by atoms with E-state index in [0.717, 1.165) is 0 Å². The standard InChI is InChI=1S/C30H26FN5O4S/c1-17-25(35-28(39-17)21-6-4-5-7-24(21)31)16-41-29-23(13-33)26(22(12-32)27(34)36-29)18-8-10-19(11-9-18)37-14-20-15-38-30(2,3)40-20/h4-11,20H,14-16H2,1-3H3,(H2,34,36)/t20-/m1/s1. The van der Waals surface area contributed by atoms with Crippen molar-refractivity contribution in [1.82, 2.24) is 9.97 Å². The first-order chi connectivity index (χ1) is 19.7. The number of benzene rings is 2. The molecule has 0 radical (unpaired) electrons. The lowest BCUT2D eigenvalue weighted by atomic mass is 9.97. The zero-order chi connectivity index (χ0) is 29.1. The molecule has 0 bridgehead atoms. The van der Waals surface area contributed by atoms with E-state index in [2.05, 4.69) is 22.1 Å². The van der Waals surface area contributed by atoms with E-state index >= 15 is 0 Å². The molecule has 11 heteroatoms. The topological polar surface area (TPSA) is 140 Å². The molecule has 1 atom stereocenters. The average molecular weight is 572 g/mol. The highest BCUT2D eigenvalue weighted by molar-refractivity contribution is 7.98. The number of thioether (sulfide) groups is 1. The van der Waals surface area contributed by atoms with Gasteiger partial charge in [-0.05, 0) is 50.6 Å². The smallest absolute Gasteiger partial charge is 0.229 e. The van der Waals surface area contributed by atoms with Crippen molar-refractivity contribution >= 4 is 17.6 Å². The third-order valence-electron chi connectivity index (χ3n) is 6.40. The molecule has 1 saturated heterocycles. The second-order valence-electron chi connectivity index (χ2n) is 9.73. The Morgan fingerprint density at radius 1 is 1.10 bits per heavy atom. The van der Waals surface area contributed by atoms with Crippen molar-refractivity contribution in [2.75, 3.05) is 18.9 Å². The Morgan fingerprint density at radius 2 is 1.83 bits per heavy atom. The molecule has 5 rings (SSSR count). The Labute approximate surface area is 240 Å². The van der Waals surface area contributed by atoms with Gasteiger partial charge in [0.1, 0.15) is 58.6 Å². The van der Waals surface area contributed by atoms with Gasteiger partial charge in [-0.3, -0.25) is 0 Å². The zero-order valence-electron chi connectivity index (χ0n) is 22.6. The molecule has 41 heavy (non-hydrogen) atoms. The maximum Gasteiger partial charge on any atom is 0.229 e. The van der Waals surface area contributed by atoms with Crippen LogP contribution in [0.3, 0.4) is 0 Å². The zero-order valence-corrected chi connectivity index (χ0v) is 23.4. The van der Waals surface area contributed by atoms with Gasteiger partial charge in [0.15, 0.2) is 5.79 Å². The van der Waals surface area contributed by atoms with Gasteiger partial charge in [0.05, 0.1) is 23.4 Å². The third kappa shape index (κ3) is 6.03. The largest absolute Gasteiger partial charge is 0.491 e.